The van der Waals surface area contributed by atoms with Gasteiger partial charge in [-0.2, -0.15) is 0 Å². The van der Waals surface area contributed by atoms with E-state index in [1.165, 1.54) is 0 Å². The summed E-state index contributed by atoms with van der Waals surface area (Å²) in [7, 11) is 2.04. The van der Waals surface area contributed by atoms with Crippen molar-refractivity contribution < 1.29 is 4.74 Å². The summed E-state index contributed by atoms with van der Waals surface area (Å²) < 4.78 is 5.48. The van der Waals surface area contributed by atoms with Crippen molar-refractivity contribution in [3.63, 3.8) is 0 Å². The van der Waals surface area contributed by atoms with Crippen molar-refractivity contribution in [1.29, 1.82) is 0 Å². The molecule has 2 nitrogen and oxygen atoms in total. The van der Waals surface area contributed by atoms with E-state index in [1.54, 1.807) is 0 Å². The van der Waals surface area contributed by atoms with Crippen LogP contribution in [-0.2, 0) is 4.74 Å². The number of allylic oxidation sites excluding steroid dienone is 2. The van der Waals surface area contributed by atoms with Gasteiger partial charge >= 0.3 is 0 Å². The highest BCUT2D eigenvalue weighted by Gasteiger charge is 2.12. The van der Waals surface area contributed by atoms with Crippen molar-refractivity contribution in [2.24, 2.45) is 0 Å². The number of ether oxygens (including phenoxy) is 1. The third-order valence-corrected chi connectivity index (χ3v) is 1.87. The van der Waals surface area contributed by atoms with Gasteiger partial charge in [0.15, 0.2) is 5.88 Å². The molecule has 0 N–H and O–H groups in total. The molecule has 1 aliphatic heterocycles. The van der Waals surface area contributed by atoms with Gasteiger partial charge in [-0.1, -0.05) is 12.7 Å². The Morgan fingerprint density at radius 1 is 1.73 bits per heavy atom. The normalized spacial score (nSPS) is 22.5. The molecule has 1 aliphatic rings. The second kappa shape index (κ2) is 3.46. The summed E-state index contributed by atoms with van der Waals surface area (Å²) in [4.78, 5) is 2.13. The van der Waals surface area contributed by atoms with Gasteiger partial charge in [0.2, 0.25) is 0 Å². The molecule has 1 heterocycles. The minimum Gasteiger partial charge on any atom is -0.479 e. The molecule has 1 fully saturated rings. The summed E-state index contributed by atoms with van der Waals surface area (Å²) in [6, 6.07) is 0. The van der Waals surface area contributed by atoms with Crippen LogP contribution in [0.2, 0.25) is 0 Å². The molecule has 2 heteroatoms. The average molecular weight is 153 g/mol. The first-order valence-electron chi connectivity index (χ1n) is 3.93. The van der Waals surface area contributed by atoms with Gasteiger partial charge in [0, 0.05) is 19.2 Å². The molecule has 0 atom stereocenters. The predicted molar refractivity (Wildman–Crippen MR) is 46.1 cm³/mol. The van der Waals surface area contributed by atoms with Crippen LogP contribution < -0.4 is 0 Å². The number of nitrogens with zero attached hydrogens (tertiary/aromatic N) is 1. The monoisotopic (exact) mass is 153 g/mol. The lowest BCUT2D eigenvalue weighted by Gasteiger charge is -2.28. The second-order valence-corrected chi connectivity index (χ2v) is 2.82. The summed E-state index contributed by atoms with van der Waals surface area (Å²) in [6.07, 6.45) is 2.95. The fraction of sp³-hybridized carbons (Fsp3) is 0.556. The van der Waals surface area contributed by atoms with E-state index in [0.717, 1.165) is 31.0 Å². The first kappa shape index (κ1) is 8.18. The number of rotatable bonds is 1. The first-order valence-corrected chi connectivity index (χ1v) is 3.93. The highest BCUT2D eigenvalue weighted by Crippen LogP contribution is 2.15. The van der Waals surface area contributed by atoms with Crippen molar-refractivity contribution in [2.45, 2.75) is 13.3 Å². The molecule has 0 unspecified atom stereocenters. The molecule has 0 spiro atoms. The standard InChI is InChI=1S/C9H15NO/c1-4-8(2)9-10(3)6-5-7-11-9/h4H,1,5-7H2,2-3H3/b9-8+. The summed E-state index contributed by atoms with van der Waals surface area (Å²) >= 11 is 0. The quantitative estimate of drug-likeness (QED) is 0.569. The fourth-order valence-corrected chi connectivity index (χ4v) is 1.18. The zero-order chi connectivity index (χ0) is 8.27. The van der Waals surface area contributed by atoms with Gasteiger partial charge in [-0.25, -0.2) is 0 Å². The molecule has 11 heavy (non-hydrogen) atoms. The molecule has 0 bridgehead atoms. The third-order valence-electron chi connectivity index (χ3n) is 1.87. The Bertz CT molecular complexity index is 184. The average Bonchev–Trinajstić information content (AvgIpc) is 2.04. The number of hydrogen-bond acceptors (Lipinski definition) is 2. The molecule has 62 valence electrons. The van der Waals surface area contributed by atoms with Crippen molar-refractivity contribution in [3.8, 4) is 0 Å². The van der Waals surface area contributed by atoms with E-state index in [9.17, 15) is 0 Å². The second-order valence-electron chi connectivity index (χ2n) is 2.82. The van der Waals surface area contributed by atoms with E-state index in [2.05, 4.69) is 11.5 Å². The van der Waals surface area contributed by atoms with Crippen molar-refractivity contribution in [1.82, 2.24) is 4.90 Å². The molecule has 0 aromatic rings. The van der Waals surface area contributed by atoms with Crippen LogP contribution in [-0.4, -0.2) is 25.1 Å². The van der Waals surface area contributed by atoms with Gasteiger partial charge in [-0.3, -0.25) is 0 Å². The molecular formula is C9H15NO. The van der Waals surface area contributed by atoms with Gasteiger partial charge < -0.3 is 9.64 Å². The molecule has 0 radical (unpaired) electrons. The van der Waals surface area contributed by atoms with Crippen LogP contribution in [0.5, 0.6) is 0 Å². The molecule has 1 saturated heterocycles. The molecule has 0 aromatic heterocycles. The van der Waals surface area contributed by atoms with E-state index in [0.29, 0.717) is 0 Å². The lowest BCUT2D eigenvalue weighted by atomic mass is 10.2. The van der Waals surface area contributed by atoms with Crippen LogP contribution in [0.1, 0.15) is 13.3 Å². The largest absolute Gasteiger partial charge is 0.479 e. The molecule has 0 amide bonds. The lowest BCUT2D eigenvalue weighted by molar-refractivity contribution is 0.0775. The highest BCUT2D eigenvalue weighted by atomic mass is 16.5. The first-order chi connectivity index (χ1) is 5.25. The van der Waals surface area contributed by atoms with Crippen LogP contribution >= 0.6 is 0 Å². The summed E-state index contributed by atoms with van der Waals surface area (Å²) in [5.74, 6) is 0.978. The maximum Gasteiger partial charge on any atom is 0.191 e. The van der Waals surface area contributed by atoms with Crippen LogP contribution in [0.25, 0.3) is 0 Å². The Kier molecular flexibility index (Phi) is 2.58. The Balaban J connectivity index is 2.75. The Hall–Kier alpha value is -0.920. The molecule has 0 aromatic carbocycles. The Morgan fingerprint density at radius 2 is 2.45 bits per heavy atom. The van der Waals surface area contributed by atoms with Gasteiger partial charge in [0.25, 0.3) is 0 Å². The highest BCUT2D eigenvalue weighted by molar-refractivity contribution is 5.17. The Morgan fingerprint density at radius 3 is 3.00 bits per heavy atom. The number of hydrogen-bond donors (Lipinski definition) is 0. The van der Waals surface area contributed by atoms with Crippen LogP contribution in [0.15, 0.2) is 24.1 Å². The van der Waals surface area contributed by atoms with E-state index in [4.69, 9.17) is 4.74 Å². The molecule has 1 rings (SSSR count). The maximum atomic E-state index is 5.48. The zero-order valence-corrected chi connectivity index (χ0v) is 7.26. The van der Waals surface area contributed by atoms with Gasteiger partial charge in [-0.15, -0.1) is 0 Å². The minimum absolute atomic E-state index is 0.838. The smallest absolute Gasteiger partial charge is 0.191 e. The van der Waals surface area contributed by atoms with Gasteiger partial charge in [0.1, 0.15) is 0 Å². The maximum absolute atomic E-state index is 5.48. The lowest BCUT2D eigenvalue weighted by Crippen LogP contribution is -2.28. The molecule has 0 aliphatic carbocycles. The third kappa shape index (κ3) is 1.76. The van der Waals surface area contributed by atoms with E-state index >= 15 is 0 Å². The van der Waals surface area contributed by atoms with Crippen molar-refractivity contribution in [3.05, 3.63) is 24.1 Å². The van der Waals surface area contributed by atoms with Gasteiger partial charge in [-0.05, 0) is 13.3 Å². The van der Waals surface area contributed by atoms with Crippen LogP contribution in [0.3, 0.4) is 0 Å². The zero-order valence-electron chi connectivity index (χ0n) is 7.26. The molecule has 0 saturated carbocycles. The van der Waals surface area contributed by atoms with Crippen molar-refractivity contribution >= 4 is 0 Å². The summed E-state index contributed by atoms with van der Waals surface area (Å²) in [6.45, 7) is 7.65. The van der Waals surface area contributed by atoms with E-state index < -0.39 is 0 Å². The molecular weight excluding hydrogens is 138 g/mol. The van der Waals surface area contributed by atoms with Crippen LogP contribution in [0.4, 0.5) is 0 Å². The topological polar surface area (TPSA) is 12.5 Å². The predicted octanol–water partition coefficient (Wildman–Crippen LogP) is 1.76. The van der Waals surface area contributed by atoms with Gasteiger partial charge in [0.05, 0.1) is 6.61 Å². The summed E-state index contributed by atoms with van der Waals surface area (Å²) in [5.41, 5.74) is 1.12. The SMILES string of the molecule is C=C/C(C)=C1/OCCCN1C. The summed E-state index contributed by atoms with van der Waals surface area (Å²) in [5, 5.41) is 0. The minimum atomic E-state index is 0.838. The van der Waals surface area contributed by atoms with Crippen LogP contribution in [0, 0.1) is 0 Å². The van der Waals surface area contributed by atoms with E-state index in [-0.39, 0.29) is 0 Å². The fourth-order valence-electron chi connectivity index (χ4n) is 1.18. The van der Waals surface area contributed by atoms with Crippen molar-refractivity contribution in [2.75, 3.05) is 20.2 Å². The van der Waals surface area contributed by atoms with E-state index in [1.807, 2.05) is 20.0 Å². The Labute approximate surface area is 68.1 Å².